The van der Waals surface area contributed by atoms with Crippen LogP contribution in [-0.2, 0) is 0 Å². The number of fused-ring (bicyclic) bond motifs is 1. The first-order chi connectivity index (χ1) is 12.2. The number of likely N-dealkylation sites (tertiary alicyclic amines) is 1. The Hall–Kier alpha value is -3.03. The number of nitrogens with zero attached hydrogens (tertiary/aromatic N) is 6. The van der Waals surface area contributed by atoms with Gasteiger partial charge in [-0.05, 0) is 25.8 Å². The molecule has 0 bridgehead atoms. The average molecular weight is 337 g/mol. The third kappa shape index (κ3) is 2.69. The average Bonchev–Trinajstić information content (AvgIpc) is 3.27. The summed E-state index contributed by atoms with van der Waals surface area (Å²) in [5, 5.41) is 7.27. The van der Waals surface area contributed by atoms with E-state index in [0.29, 0.717) is 23.6 Å². The minimum absolute atomic E-state index is 0.0556. The van der Waals surface area contributed by atoms with Crippen molar-refractivity contribution in [2.75, 3.05) is 18.9 Å². The van der Waals surface area contributed by atoms with Crippen molar-refractivity contribution in [2.24, 2.45) is 0 Å². The van der Waals surface area contributed by atoms with Gasteiger partial charge in [-0.2, -0.15) is 5.10 Å². The molecule has 1 atom stereocenters. The van der Waals surface area contributed by atoms with Crippen LogP contribution >= 0.6 is 0 Å². The van der Waals surface area contributed by atoms with Crippen LogP contribution in [0.5, 0.6) is 0 Å². The Labute approximate surface area is 144 Å². The number of carbonyl (C=O) groups excluding carboxylic acids is 1. The van der Waals surface area contributed by atoms with Crippen LogP contribution in [0.1, 0.15) is 40.8 Å². The molecule has 3 aromatic rings. The number of hydrogen-bond donors (Lipinski definition) is 1. The predicted octanol–water partition coefficient (Wildman–Crippen LogP) is 1.85. The highest BCUT2D eigenvalue weighted by molar-refractivity contribution is 6.00. The van der Waals surface area contributed by atoms with Crippen LogP contribution in [0.15, 0.2) is 30.7 Å². The third-order valence-electron chi connectivity index (χ3n) is 4.48. The number of hydrogen-bond acceptors (Lipinski definition) is 6. The number of carbonyl (C=O) groups is 1. The number of aryl methyl sites for hydroxylation is 1. The highest BCUT2D eigenvalue weighted by atomic mass is 16.2. The Balaban J connectivity index is 1.70. The molecular weight excluding hydrogens is 318 g/mol. The molecule has 0 spiro atoms. The first-order valence-corrected chi connectivity index (χ1v) is 8.30. The maximum atomic E-state index is 13.1. The summed E-state index contributed by atoms with van der Waals surface area (Å²) in [6.07, 6.45) is 6.87. The number of rotatable bonds is 3. The summed E-state index contributed by atoms with van der Waals surface area (Å²) in [5.41, 5.74) is 1.96. The van der Waals surface area contributed by atoms with E-state index >= 15 is 0 Å². The first-order valence-electron chi connectivity index (χ1n) is 8.30. The van der Waals surface area contributed by atoms with Crippen LogP contribution in [-0.4, -0.2) is 49.0 Å². The molecule has 1 saturated heterocycles. The molecule has 0 unspecified atom stereocenters. The van der Waals surface area contributed by atoms with Crippen LogP contribution in [0.2, 0.25) is 0 Å². The van der Waals surface area contributed by atoms with E-state index in [2.05, 4.69) is 25.4 Å². The molecule has 1 amide bonds. The van der Waals surface area contributed by atoms with Crippen LogP contribution < -0.4 is 5.32 Å². The van der Waals surface area contributed by atoms with E-state index < -0.39 is 0 Å². The molecule has 3 aromatic heterocycles. The molecule has 25 heavy (non-hydrogen) atoms. The minimum Gasteiger partial charge on any atom is -0.373 e. The van der Waals surface area contributed by atoms with Crippen molar-refractivity contribution in [3.63, 3.8) is 0 Å². The molecule has 1 aliphatic heterocycles. The van der Waals surface area contributed by atoms with Crippen molar-refractivity contribution >= 4 is 17.4 Å². The van der Waals surface area contributed by atoms with Gasteiger partial charge in [0.2, 0.25) is 0 Å². The molecule has 0 aliphatic carbocycles. The fourth-order valence-electron chi connectivity index (χ4n) is 3.34. The van der Waals surface area contributed by atoms with E-state index in [4.69, 9.17) is 0 Å². The molecular formula is C17H19N7O. The monoisotopic (exact) mass is 337 g/mol. The molecule has 0 saturated carbocycles. The summed E-state index contributed by atoms with van der Waals surface area (Å²) >= 11 is 0. The zero-order chi connectivity index (χ0) is 17.4. The summed E-state index contributed by atoms with van der Waals surface area (Å²) in [5.74, 6) is 1.40. The van der Waals surface area contributed by atoms with Gasteiger partial charge in [0.1, 0.15) is 17.2 Å². The maximum Gasteiger partial charge on any atom is 0.259 e. The standard InChI is InChI=1S/C17H19N7O/c1-11-21-13(9-15(18-2)22-11)14-5-3-7-23(14)17(25)12-10-20-24-8-4-6-19-16(12)24/h4,6,8-10,14H,3,5,7H2,1-2H3,(H,18,21,22)/t14-/m0/s1. The summed E-state index contributed by atoms with van der Waals surface area (Å²) in [6, 6.07) is 3.65. The van der Waals surface area contributed by atoms with E-state index in [1.54, 1.807) is 29.2 Å². The fraction of sp³-hybridized carbons (Fsp3) is 0.353. The fourth-order valence-corrected chi connectivity index (χ4v) is 3.34. The zero-order valence-corrected chi connectivity index (χ0v) is 14.2. The molecule has 1 aliphatic rings. The highest BCUT2D eigenvalue weighted by Crippen LogP contribution is 2.33. The number of amides is 1. The Morgan fingerprint density at radius 1 is 1.36 bits per heavy atom. The molecule has 128 valence electrons. The molecule has 8 nitrogen and oxygen atoms in total. The summed E-state index contributed by atoms with van der Waals surface area (Å²) in [7, 11) is 1.83. The van der Waals surface area contributed by atoms with Crippen molar-refractivity contribution in [3.8, 4) is 0 Å². The maximum absolute atomic E-state index is 13.1. The molecule has 0 aromatic carbocycles. The second kappa shape index (κ2) is 6.12. The molecule has 1 fully saturated rings. The lowest BCUT2D eigenvalue weighted by Crippen LogP contribution is -2.31. The van der Waals surface area contributed by atoms with Gasteiger partial charge in [-0.15, -0.1) is 0 Å². The van der Waals surface area contributed by atoms with Gasteiger partial charge in [0.15, 0.2) is 5.65 Å². The van der Waals surface area contributed by atoms with Gasteiger partial charge in [0.05, 0.1) is 17.9 Å². The lowest BCUT2D eigenvalue weighted by atomic mass is 10.1. The highest BCUT2D eigenvalue weighted by Gasteiger charge is 2.33. The van der Waals surface area contributed by atoms with Crippen LogP contribution in [0, 0.1) is 6.92 Å². The van der Waals surface area contributed by atoms with Crippen molar-refractivity contribution in [1.82, 2.24) is 29.5 Å². The van der Waals surface area contributed by atoms with Crippen LogP contribution in [0.3, 0.4) is 0 Å². The lowest BCUT2D eigenvalue weighted by molar-refractivity contribution is 0.0734. The Morgan fingerprint density at radius 3 is 3.08 bits per heavy atom. The van der Waals surface area contributed by atoms with E-state index in [1.165, 1.54) is 0 Å². The van der Waals surface area contributed by atoms with Crippen LogP contribution in [0.25, 0.3) is 5.65 Å². The number of nitrogens with one attached hydrogen (secondary N) is 1. The summed E-state index contributed by atoms with van der Waals surface area (Å²) in [6.45, 7) is 2.56. The Morgan fingerprint density at radius 2 is 2.24 bits per heavy atom. The predicted molar refractivity (Wildman–Crippen MR) is 92.3 cm³/mol. The van der Waals surface area contributed by atoms with Gasteiger partial charge >= 0.3 is 0 Å². The second-order valence-electron chi connectivity index (χ2n) is 6.08. The minimum atomic E-state index is -0.0570. The van der Waals surface area contributed by atoms with Crippen molar-refractivity contribution in [2.45, 2.75) is 25.8 Å². The van der Waals surface area contributed by atoms with Gasteiger partial charge in [-0.1, -0.05) is 0 Å². The zero-order valence-electron chi connectivity index (χ0n) is 14.2. The second-order valence-corrected chi connectivity index (χ2v) is 6.08. The normalized spacial score (nSPS) is 17.2. The van der Waals surface area contributed by atoms with Crippen LogP contribution in [0.4, 0.5) is 5.82 Å². The van der Waals surface area contributed by atoms with E-state index in [9.17, 15) is 4.79 Å². The molecule has 0 radical (unpaired) electrons. The SMILES string of the molecule is CNc1cc([C@@H]2CCCN2C(=O)c2cnn3cccnc23)nc(C)n1. The first kappa shape index (κ1) is 15.5. The number of anilines is 1. The quantitative estimate of drug-likeness (QED) is 0.785. The topological polar surface area (TPSA) is 88.3 Å². The van der Waals surface area contributed by atoms with Crippen molar-refractivity contribution in [3.05, 3.63) is 47.8 Å². The van der Waals surface area contributed by atoms with Gasteiger partial charge in [0, 0.05) is 32.1 Å². The number of aromatic nitrogens is 5. The Kier molecular flexibility index (Phi) is 3.79. The van der Waals surface area contributed by atoms with E-state index in [1.807, 2.05) is 24.9 Å². The van der Waals surface area contributed by atoms with E-state index in [0.717, 1.165) is 24.4 Å². The van der Waals surface area contributed by atoms with Gasteiger partial charge in [-0.3, -0.25) is 4.79 Å². The molecule has 8 heteroatoms. The molecule has 4 rings (SSSR count). The van der Waals surface area contributed by atoms with Crippen molar-refractivity contribution < 1.29 is 4.79 Å². The van der Waals surface area contributed by atoms with Gasteiger partial charge in [-0.25, -0.2) is 19.5 Å². The summed E-state index contributed by atoms with van der Waals surface area (Å²) in [4.78, 5) is 28.2. The third-order valence-corrected chi connectivity index (χ3v) is 4.48. The van der Waals surface area contributed by atoms with Crippen molar-refractivity contribution in [1.29, 1.82) is 0 Å². The Bertz CT molecular complexity index is 936. The molecule has 1 N–H and O–H groups in total. The van der Waals surface area contributed by atoms with Gasteiger partial charge in [0.25, 0.3) is 5.91 Å². The summed E-state index contributed by atoms with van der Waals surface area (Å²) < 4.78 is 1.62. The molecule has 4 heterocycles. The largest absolute Gasteiger partial charge is 0.373 e. The lowest BCUT2D eigenvalue weighted by Gasteiger charge is -2.24. The van der Waals surface area contributed by atoms with Gasteiger partial charge < -0.3 is 10.2 Å². The van der Waals surface area contributed by atoms with E-state index in [-0.39, 0.29) is 11.9 Å². The smallest absolute Gasteiger partial charge is 0.259 e.